The number of hydrogen-bond acceptors (Lipinski definition) is 1. The SMILES string of the molecule is CC[N+](CC)(CC)CC.O=P(O)(O)O. The lowest BCUT2D eigenvalue weighted by Crippen LogP contribution is -2.47. The van der Waals surface area contributed by atoms with Crippen LogP contribution in [0.4, 0.5) is 0 Å². The second-order valence-corrected chi connectivity index (χ2v) is 4.15. The van der Waals surface area contributed by atoms with Gasteiger partial charge >= 0.3 is 7.82 Å². The van der Waals surface area contributed by atoms with Crippen LogP contribution in [0.3, 0.4) is 0 Å². The van der Waals surface area contributed by atoms with Crippen LogP contribution in [0.5, 0.6) is 0 Å². The standard InChI is InChI=1S/C8H20N.H3O4P/c1-5-9(6-2,7-3)8-4;1-5(2,3)4/h5-8H2,1-4H3;(H3,1,2,3,4)/q+1;. The molecule has 3 N–H and O–H groups in total. The van der Waals surface area contributed by atoms with Crippen molar-refractivity contribution < 1.29 is 23.7 Å². The van der Waals surface area contributed by atoms with Gasteiger partial charge in [0.05, 0.1) is 26.2 Å². The molecule has 0 radical (unpaired) electrons. The van der Waals surface area contributed by atoms with Crippen LogP contribution in [0.2, 0.25) is 0 Å². The highest BCUT2D eigenvalue weighted by Gasteiger charge is 2.16. The predicted octanol–water partition coefficient (Wildman–Crippen LogP) is 0.954. The number of hydrogen-bond donors (Lipinski definition) is 3. The summed E-state index contributed by atoms with van der Waals surface area (Å²) in [6, 6.07) is 0. The van der Waals surface area contributed by atoms with Gasteiger partial charge in [0.2, 0.25) is 0 Å². The Morgan fingerprint density at radius 2 is 1.00 bits per heavy atom. The van der Waals surface area contributed by atoms with Crippen LogP contribution >= 0.6 is 7.82 Å². The topological polar surface area (TPSA) is 77.8 Å². The molecule has 88 valence electrons. The van der Waals surface area contributed by atoms with Gasteiger partial charge in [0, 0.05) is 0 Å². The summed E-state index contributed by atoms with van der Waals surface area (Å²) in [5.41, 5.74) is 0. The van der Waals surface area contributed by atoms with Crippen LogP contribution in [0.15, 0.2) is 0 Å². The van der Waals surface area contributed by atoms with E-state index in [1.54, 1.807) is 0 Å². The molecule has 14 heavy (non-hydrogen) atoms. The fourth-order valence-electron chi connectivity index (χ4n) is 1.34. The molecule has 0 aromatic carbocycles. The van der Waals surface area contributed by atoms with Gasteiger partial charge < -0.3 is 19.2 Å². The molecule has 0 aliphatic heterocycles. The monoisotopic (exact) mass is 228 g/mol. The van der Waals surface area contributed by atoms with Crippen molar-refractivity contribution in [3.8, 4) is 0 Å². The molecule has 0 unspecified atom stereocenters. The second-order valence-electron chi connectivity index (χ2n) is 3.12. The third kappa shape index (κ3) is 10.2. The van der Waals surface area contributed by atoms with Crippen LogP contribution in [-0.2, 0) is 4.57 Å². The van der Waals surface area contributed by atoms with Gasteiger partial charge in [-0.25, -0.2) is 4.57 Å². The Kier molecular flexibility index (Phi) is 8.69. The van der Waals surface area contributed by atoms with Gasteiger partial charge in [-0.15, -0.1) is 0 Å². The molecule has 0 aromatic heterocycles. The highest BCUT2D eigenvalue weighted by Crippen LogP contribution is 2.25. The molecule has 0 heterocycles. The summed E-state index contributed by atoms with van der Waals surface area (Å²) >= 11 is 0. The zero-order valence-corrected chi connectivity index (χ0v) is 10.4. The molecule has 0 rings (SSSR count). The lowest BCUT2D eigenvalue weighted by atomic mass is 10.3. The van der Waals surface area contributed by atoms with E-state index in [0.29, 0.717) is 0 Å². The van der Waals surface area contributed by atoms with Crippen molar-refractivity contribution in [3.63, 3.8) is 0 Å². The minimum Gasteiger partial charge on any atom is -0.325 e. The summed E-state index contributed by atoms with van der Waals surface area (Å²) in [6.07, 6.45) is 0. The molecule has 0 aromatic rings. The lowest BCUT2D eigenvalue weighted by molar-refractivity contribution is -0.921. The van der Waals surface area contributed by atoms with Gasteiger partial charge in [0.25, 0.3) is 0 Å². The third-order valence-electron chi connectivity index (χ3n) is 2.68. The van der Waals surface area contributed by atoms with E-state index < -0.39 is 7.82 Å². The first-order chi connectivity index (χ1) is 6.24. The molecular formula is C8H23NO4P+. The Balaban J connectivity index is 0. The zero-order chi connectivity index (χ0) is 11.8. The van der Waals surface area contributed by atoms with E-state index in [9.17, 15) is 0 Å². The maximum absolute atomic E-state index is 8.88. The fraction of sp³-hybridized carbons (Fsp3) is 1.00. The van der Waals surface area contributed by atoms with Gasteiger partial charge in [0.1, 0.15) is 0 Å². The van der Waals surface area contributed by atoms with Crippen LogP contribution in [0, 0.1) is 0 Å². The van der Waals surface area contributed by atoms with E-state index in [1.807, 2.05) is 0 Å². The summed E-state index contributed by atoms with van der Waals surface area (Å²) in [5.74, 6) is 0. The minimum atomic E-state index is -4.64. The van der Waals surface area contributed by atoms with Crippen molar-refractivity contribution in [3.05, 3.63) is 0 Å². The van der Waals surface area contributed by atoms with E-state index in [0.717, 1.165) is 0 Å². The average molecular weight is 228 g/mol. The summed E-state index contributed by atoms with van der Waals surface area (Å²) in [4.78, 5) is 21.6. The van der Waals surface area contributed by atoms with E-state index >= 15 is 0 Å². The maximum Gasteiger partial charge on any atom is 0.466 e. The van der Waals surface area contributed by atoms with Crippen molar-refractivity contribution in [2.45, 2.75) is 27.7 Å². The van der Waals surface area contributed by atoms with Crippen molar-refractivity contribution in [1.82, 2.24) is 0 Å². The number of rotatable bonds is 4. The molecule has 0 aliphatic rings. The molecule has 0 fully saturated rings. The average Bonchev–Trinajstić information content (AvgIpc) is 2.07. The van der Waals surface area contributed by atoms with Gasteiger partial charge in [-0.3, -0.25) is 0 Å². The highest BCUT2D eigenvalue weighted by molar-refractivity contribution is 7.45. The van der Waals surface area contributed by atoms with Crippen LogP contribution in [0.1, 0.15) is 27.7 Å². The summed E-state index contributed by atoms with van der Waals surface area (Å²) in [6.45, 7) is 14.2. The Hall–Kier alpha value is 0.0700. The van der Waals surface area contributed by atoms with Gasteiger partial charge in [-0.05, 0) is 27.7 Å². The quantitative estimate of drug-likeness (QED) is 0.494. The first-order valence-electron chi connectivity index (χ1n) is 4.88. The van der Waals surface area contributed by atoms with Crippen molar-refractivity contribution in [2.75, 3.05) is 26.2 Å². The van der Waals surface area contributed by atoms with Crippen LogP contribution in [-0.4, -0.2) is 45.3 Å². The predicted molar refractivity (Wildman–Crippen MR) is 56.7 cm³/mol. The largest absolute Gasteiger partial charge is 0.466 e. The number of nitrogens with zero attached hydrogens (tertiary/aromatic N) is 1. The molecule has 0 aliphatic carbocycles. The molecule has 0 bridgehead atoms. The fourth-order valence-corrected chi connectivity index (χ4v) is 1.34. The minimum absolute atomic E-state index is 1.28. The normalized spacial score (nSPS) is 11.9. The van der Waals surface area contributed by atoms with Gasteiger partial charge in [0.15, 0.2) is 0 Å². The summed E-state index contributed by atoms with van der Waals surface area (Å²) in [5, 5.41) is 0. The van der Waals surface area contributed by atoms with Gasteiger partial charge in [-0.1, -0.05) is 0 Å². The Morgan fingerprint density at radius 1 is 0.857 bits per heavy atom. The van der Waals surface area contributed by atoms with Gasteiger partial charge in [-0.2, -0.15) is 0 Å². The molecule has 0 saturated heterocycles. The van der Waals surface area contributed by atoms with Crippen molar-refractivity contribution in [1.29, 1.82) is 0 Å². The van der Waals surface area contributed by atoms with E-state index in [-0.39, 0.29) is 0 Å². The molecule has 0 atom stereocenters. The summed E-state index contributed by atoms with van der Waals surface area (Å²) < 4.78 is 10.2. The lowest BCUT2D eigenvalue weighted by Gasteiger charge is -2.34. The Labute approximate surface area is 86.2 Å². The third-order valence-corrected chi connectivity index (χ3v) is 2.68. The number of quaternary nitrogens is 1. The van der Waals surface area contributed by atoms with E-state index in [4.69, 9.17) is 19.2 Å². The Bertz CT molecular complexity index is 150. The summed E-state index contributed by atoms with van der Waals surface area (Å²) in [7, 11) is -4.64. The first-order valence-corrected chi connectivity index (χ1v) is 6.44. The number of phosphoric acid groups is 1. The maximum atomic E-state index is 8.88. The van der Waals surface area contributed by atoms with E-state index in [2.05, 4.69) is 27.7 Å². The molecule has 0 spiro atoms. The first kappa shape index (κ1) is 16.5. The zero-order valence-electron chi connectivity index (χ0n) is 9.47. The van der Waals surface area contributed by atoms with Crippen LogP contribution < -0.4 is 0 Å². The molecule has 5 nitrogen and oxygen atoms in total. The molecule has 6 heteroatoms. The van der Waals surface area contributed by atoms with Crippen molar-refractivity contribution >= 4 is 7.82 Å². The molecule has 0 saturated carbocycles. The smallest absolute Gasteiger partial charge is 0.325 e. The van der Waals surface area contributed by atoms with Crippen LogP contribution in [0.25, 0.3) is 0 Å². The molecular weight excluding hydrogens is 205 g/mol. The molecule has 0 amide bonds. The highest BCUT2D eigenvalue weighted by atomic mass is 31.2. The second kappa shape index (κ2) is 7.37. The van der Waals surface area contributed by atoms with Crippen molar-refractivity contribution in [2.24, 2.45) is 0 Å². The van der Waals surface area contributed by atoms with E-state index in [1.165, 1.54) is 30.7 Å². The Morgan fingerprint density at radius 3 is 1.00 bits per heavy atom.